The van der Waals surface area contributed by atoms with E-state index in [9.17, 15) is 9.59 Å². The van der Waals surface area contributed by atoms with Crippen LogP contribution in [-0.2, 0) is 9.59 Å². The Morgan fingerprint density at radius 3 is 1.65 bits per heavy atom. The average molecular weight is 233 g/mol. The van der Waals surface area contributed by atoms with Crippen LogP contribution in [0.1, 0.15) is 50.7 Å². The van der Waals surface area contributed by atoms with Crippen LogP contribution in [0.15, 0.2) is 18.2 Å². The van der Waals surface area contributed by atoms with Gasteiger partial charge in [0, 0.05) is 0 Å². The van der Waals surface area contributed by atoms with E-state index in [0.29, 0.717) is 12.8 Å². The van der Waals surface area contributed by atoms with Gasteiger partial charge in [-0.2, -0.15) is 0 Å². The van der Waals surface area contributed by atoms with E-state index in [4.69, 9.17) is 0 Å². The van der Waals surface area contributed by atoms with Gasteiger partial charge in [0.05, 0.1) is 5.69 Å². The molecule has 3 heteroatoms. The summed E-state index contributed by atoms with van der Waals surface area (Å²) in [6.07, 6.45) is 1.14. The Kier molecular flexibility index (Phi) is 4.44. The van der Waals surface area contributed by atoms with E-state index in [-0.39, 0.29) is 11.8 Å². The molecule has 1 aromatic carbocycles. The van der Waals surface area contributed by atoms with Gasteiger partial charge in [-0.15, -0.1) is 0 Å². The fourth-order valence-corrected chi connectivity index (χ4v) is 1.94. The Bertz CT molecular complexity index is 376. The summed E-state index contributed by atoms with van der Waals surface area (Å²) in [5.74, 6) is 0.539. The molecule has 0 fully saturated rings. The van der Waals surface area contributed by atoms with Gasteiger partial charge < -0.3 is 0 Å². The number of carbonyl (C=O) groups is 2. The minimum atomic E-state index is 0.270. The predicted molar refractivity (Wildman–Crippen MR) is 69.2 cm³/mol. The summed E-state index contributed by atoms with van der Waals surface area (Å²) in [7, 11) is 0. The molecule has 0 aromatic heterocycles. The van der Waals surface area contributed by atoms with Crippen molar-refractivity contribution in [2.75, 3.05) is 4.90 Å². The van der Waals surface area contributed by atoms with Gasteiger partial charge in [-0.3, -0.25) is 14.5 Å². The van der Waals surface area contributed by atoms with Crippen molar-refractivity contribution in [2.24, 2.45) is 0 Å². The molecule has 92 valence electrons. The van der Waals surface area contributed by atoms with Gasteiger partial charge in [-0.1, -0.05) is 45.9 Å². The van der Waals surface area contributed by atoms with Crippen molar-refractivity contribution in [3.8, 4) is 0 Å². The number of rotatable bonds is 5. The highest BCUT2D eigenvalue weighted by Crippen LogP contribution is 2.34. The largest absolute Gasteiger partial charge is 0.278 e. The van der Waals surface area contributed by atoms with Crippen LogP contribution in [0.25, 0.3) is 0 Å². The highest BCUT2D eigenvalue weighted by atomic mass is 16.2. The lowest BCUT2D eigenvalue weighted by Crippen LogP contribution is -2.22. The smallest absolute Gasteiger partial charge is 0.220 e. The Morgan fingerprint density at radius 2 is 1.35 bits per heavy atom. The zero-order chi connectivity index (χ0) is 13.0. The number of para-hydroxylation sites is 1. The first-order valence-corrected chi connectivity index (χ1v) is 5.84. The molecule has 1 aromatic rings. The molecular weight excluding hydrogens is 214 g/mol. The Balaban J connectivity index is 3.47. The summed E-state index contributed by atoms with van der Waals surface area (Å²) < 4.78 is 0. The molecule has 1 rings (SSSR count). The molecule has 0 saturated heterocycles. The third-order valence-electron chi connectivity index (χ3n) is 2.83. The van der Waals surface area contributed by atoms with Crippen LogP contribution in [0.2, 0.25) is 0 Å². The number of carbonyl (C=O) groups excluding carboxylic acids is 2. The monoisotopic (exact) mass is 233 g/mol. The third-order valence-corrected chi connectivity index (χ3v) is 2.83. The molecule has 17 heavy (non-hydrogen) atoms. The maximum absolute atomic E-state index is 11.0. The van der Waals surface area contributed by atoms with Gasteiger partial charge in [0.1, 0.15) is 0 Å². The zero-order valence-corrected chi connectivity index (χ0v) is 10.8. The molecule has 0 aliphatic rings. The molecule has 0 radical (unpaired) electrons. The number of hydrogen-bond donors (Lipinski definition) is 0. The molecule has 0 bridgehead atoms. The van der Waals surface area contributed by atoms with Crippen molar-refractivity contribution >= 4 is 18.5 Å². The number of anilines is 1. The molecule has 0 saturated carbocycles. The van der Waals surface area contributed by atoms with E-state index in [0.717, 1.165) is 21.7 Å². The second-order valence-corrected chi connectivity index (χ2v) is 4.71. The molecule has 0 aliphatic carbocycles. The Hall–Kier alpha value is -1.64. The first kappa shape index (κ1) is 13.4. The van der Waals surface area contributed by atoms with Gasteiger partial charge in [-0.25, -0.2) is 0 Å². The minimum absolute atomic E-state index is 0.270. The minimum Gasteiger partial charge on any atom is -0.278 e. The van der Waals surface area contributed by atoms with Crippen molar-refractivity contribution < 1.29 is 9.59 Å². The Labute approximate surface area is 102 Å². The topological polar surface area (TPSA) is 37.4 Å². The van der Waals surface area contributed by atoms with Crippen molar-refractivity contribution in [3.05, 3.63) is 29.3 Å². The number of nitrogens with zero attached hydrogens (tertiary/aromatic N) is 1. The van der Waals surface area contributed by atoms with Crippen LogP contribution in [0, 0.1) is 0 Å². The SMILES string of the molecule is CC(C)c1cccc(C(C)C)c1N(C=O)C=O. The maximum atomic E-state index is 11.0. The van der Waals surface area contributed by atoms with E-state index in [1.165, 1.54) is 0 Å². The first-order chi connectivity index (χ1) is 8.02. The van der Waals surface area contributed by atoms with Gasteiger partial charge in [0.2, 0.25) is 12.8 Å². The van der Waals surface area contributed by atoms with Crippen molar-refractivity contribution in [1.82, 2.24) is 0 Å². The fraction of sp³-hybridized carbons (Fsp3) is 0.429. The molecule has 0 spiro atoms. The Morgan fingerprint density at radius 1 is 0.941 bits per heavy atom. The van der Waals surface area contributed by atoms with E-state index in [1.54, 1.807) is 0 Å². The maximum Gasteiger partial charge on any atom is 0.220 e. The lowest BCUT2D eigenvalue weighted by Gasteiger charge is -2.22. The number of benzene rings is 1. The van der Waals surface area contributed by atoms with E-state index >= 15 is 0 Å². The standard InChI is InChI=1S/C14H19NO2/c1-10(2)12-6-5-7-13(11(3)4)14(12)15(8-16)9-17/h5-11H,1-4H3. The second-order valence-electron chi connectivity index (χ2n) is 4.71. The molecule has 3 nitrogen and oxygen atoms in total. The first-order valence-electron chi connectivity index (χ1n) is 5.84. The van der Waals surface area contributed by atoms with Crippen LogP contribution in [-0.4, -0.2) is 12.8 Å². The molecule has 0 aliphatic heterocycles. The van der Waals surface area contributed by atoms with Gasteiger partial charge in [0.15, 0.2) is 0 Å². The molecule has 2 amide bonds. The highest BCUT2D eigenvalue weighted by molar-refractivity contribution is 5.97. The lowest BCUT2D eigenvalue weighted by atomic mass is 9.92. The van der Waals surface area contributed by atoms with E-state index < -0.39 is 0 Å². The number of imide groups is 1. The quantitative estimate of drug-likeness (QED) is 0.733. The molecule has 0 N–H and O–H groups in total. The summed E-state index contributed by atoms with van der Waals surface area (Å²) >= 11 is 0. The summed E-state index contributed by atoms with van der Waals surface area (Å²) in [6, 6.07) is 5.90. The number of amides is 2. The normalized spacial score (nSPS) is 10.7. The van der Waals surface area contributed by atoms with Crippen LogP contribution < -0.4 is 4.90 Å². The van der Waals surface area contributed by atoms with Gasteiger partial charge in [0.25, 0.3) is 0 Å². The summed E-state index contributed by atoms with van der Waals surface area (Å²) in [5, 5.41) is 0. The van der Waals surface area contributed by atoms with Crippen LogP contribution in [0.3, 0.4) is 0 Å². The molecule has 0 unspecified atom stereocenters. The fourth-order valence-electron chi connectivity index (χ4n) is 1.94. The lowest BCUT2D eigenvalue weighted by molar-refractivity contribution is -0.114. The highest BCUT2D eigenvalue weighted by Gasteiger charge is 2.18. The number of hydrogen-bond acceptors (Lipinski definition) is 2. The van der Waals surface area contributed by atoms with Gasteiger partial charge >= 0.3 is 0 Å². The third kappa shape index (κ3) is 2.73. The van der Waals surface area contributed by atoms with Gasteiger partial charge in [-0.05, 0) is 23.0 Å². The summed E-state index contributed by atoms with van der Waals surface area (Å²) in [5.41, 5.74) is 2.79. The van der Waals surface area contributed by atoms with E-state index in [1.807, 2.05) is 18.2 Å². The summed E-state index contributed by atoms with van der Waals surface area (Å²) in [4.78, 5) is 23.1. The summed E-state index contributed by atoms with van der Waals surface area (Å²) in [6.45, 7) is 8.21. The molecular formula is C14H19NO2. The second kappa shape index (κ2) is 5.62. The van der Waals surface area contributed by atoms with Crippen LogP contribution in [0.4, 0.5) is 5.69 Å². The van der Waals surface area contributed by atoms with Crippen molar-refractivity contribution in [2.45, 2.75) is 39.5 Å². The zero-order valence-electron chi connectivity index (χ0n) is 10.8. The predicted octanol–water partition coefficient (Wildman–Crippen LogP) is 3.05. The molecule has 0 atom stereocenters. The van der Waals surface area contributed by atoms with Crippen molar-refractivity contribution in [1.29, 1.82) is 0 Å². The average Bonchev–Trinajstić information content (AvgIpc) is 2.30. The molecule has 0 heterocycles. The van der Waals surface area contributed by atoms with Crippen LogP contribution >= 0.6 is 0 Å². The van der Waals surface area contributed by atoms with E-state index in [2.05, 4.69) is 27.7 Å². The van der Waals surface area contributed by atoms with Crippen molar-refractivity contribution in [3.63, 3.8) is 0 Å². The van der Waals surface area contributed by atoms with Crippen LogP contribution in [0.5, 0.6) is 0 Å².